The van der Waals surface area contributed by atoms with Gasteiger partial charge in [-0.2, -0.15) is 0 Å². The highest BCUT2D eigenvalue weighted by molar-refractivity contribution is 8.00. The van der Waals surface area contributed by atoms with Crippen LogP contribution in [0.2, 0.25) is 0 Å². The highest BCUT2D eigenvalue weighted by Crippen LogP contribution is 2.42. The van der Waals surface area contributed by atoms with Crippen LogP contribution >= 0.6 is 11.8 Å². The van der Waals surface area contributed by atoms with E-state index < -0.39 is 4.92 Å². The third-order valence-corrected chi connectivity index (χ3v) is 5.58. The van der Waals surface area contributed by atoms with E-state index in [1.165, 1.54) is 23.9 Å². The summed E-state index contributed by atoms with van der Waals surface area (Å²) in [6, 6.07) is 13.9. The number of hydrogen-bond acceptors (Lipinski definition) is 5. The number of unbranched alkanes of at least 4 members (excludes halogenated alkanes) is 2. The summed E-state index contributed by atoms with van der Waals surface area (Å²) in [5, 5.41) is 10.8. The van der Waals surface area contributed by atoms with Crippen molar-refractivity contribution in [3.63, 3.8) is 0 Å². The van der Waals surface area contributed by atoms with Crippen molar-refractivity contribution in [3.05, 3.63) is 64.2 Å². The summed E-state index contributed by atoms with van der Waals surface area (Å²) in [6.07, 6.45) is 3.31. The summed E-state index contributed by atoms with van der Waals surface area (Å²) in [5.41, 5.74) is 1.55. The number of non-ortho nitro benzene ring substituents is 1. The molecule has 0 spiro atoms. The van der Waals surface area contributed by atoms with E-state index in [4.69, 9.17) is 4.74 Å². The highest BCUT2D eigenvalue weighted by atomic mass is 32.2. The summed E-state index contributed by atoms with van der Waals surface area (Å²) >= 11 is 1.47. The van der Waals surface area contributed by atoms with E-state index in [9.17, 15) is 14.9 Å². The van der Waals surface area contributed by atoms with E-state index in [2.05, 4.69) is 6.92 Å². The van der Waals surface area contributed by atoms with Gasteiger partial charge in [-0.1, -0.05) is 31.9 Å². The second-order valence-electron chi connectivity index (χ2n) is 6.33. The van der Waals surface area contributed by atoms with Gasteiger partial charge in [-0.3, -0.25) is 19.8 Å². The van der Waals surface area contributed by atoms with E-state index >= 15 is 0 Å². The minimum atomic E-state index is -0.417. The van der Waals surface area contributed by atoms with Crippen LogP contribution in [0.1, 0.15) is 37.1 Å². The van der Waals surface area contributed by atoms with E-state index in [-0.39, 0.29) is 17.0 Å². The number of thioether (sulfide) groups is 1. The fourth-order valence-corrected chi connectivity index (χ4v) is 4.15. The molecule has 1 saturated heterocycles. The minimum absolute atomic E-state index is 0.00637. The number of nitrogens with zero attached hydrogens (tertiary/aromatic N) is 2. The molecule has 0 saturated carbocycles. The van der Waals surface area contributed by atoms with Gasteiger partial charge in [-0.05, 0) is 36.2 Å². The highest BCUT2D eigenvalue weighted by Gasteiger charge is 2.34. The molecule has 1 atom stereocenters. The SMILES string of the molecule is CCCCCOc1ccc(N2C(=O)CS[C@@H]2c2cccc([N+](=O)[O-])c2)cc1. The molecule has 0 N–H and O–H groups in total. The second kappa shape index (κ2) is 8.90. The fraction of sp³-hybridized carbons (Fsp3) is 0.350. The molecular weight excluding hydrogens is 364 g/mol. The van der Waals surface area contributed by atoms with Gasteiger partial charge in [0.25, 0.3) is 5.69 Å². The summed E-state index contributed by atoms with van der Waals surface area (Å²) in [6.45, 7) is 2.83. The van der Waals surface area contributed by atoms with Crippen LogP contribution in [0.4, 0.5) is 11.4 Å². The molecule has 1 amide bonds. The first kappa shape index (κ1) is 19.2. The maximum Gasteiger partial charge on any atom is 0.269 e. The number of carbonyl (C=O) groups is 1. The Morgan fingerprint density at radius 1 is 1.22 bits per heavy atom. The van der Waals surface area contributed by atoms with Gasteiger partial charge in [0, 0.05) is 17.8 Å². The molecule has 1 fully saturated rings. The monoisotopic (exact) mass is 386 g/mol. The number of rotatable bonds is 8. The van der Waals surface area contributed by atoms with Gasteiger partial charge in [0.2, 0.25) is 5.91 Å². The number of anilines is 1. The van der Waals surface area contributed by atoms with Gasteiger partial charge in [-0.15, -0.1) is 11.8 Å². The lowest BCUT2D eigenvalue weighted by molar-refractivity contribution is -0.384. The molecule has 0 radical (unpaired) electrons. The van der Waals surface area contributed by atoms with E-state index in [0.717, 1.165) is 36.3 Å². The van der Waals surface area contributed by atoms with Crippen molar-refractivity contribution in [2.45, 2.75) is 31.6 Å². The molecule has 3 rings (SSSR count). The van der Waals surface area contributed by atoms with Crippen LogP contribution in [0.3, 0.4) is 0 Å². The van der Waals surface area contributed by atoms with Crippen LogP contribution in [0.15, 0.2) is 48.5 Å². The van der Waals surface area contributed by atoms with Crippen LogP contribution < -0.4 is 9.64 Å². The van der Waals surface area contributed by atoms with Crippen LogP contribution in [-0.4, -0.2) is 23.2 Å². The maximum absolute atomic E-state index is 12.4. The van der Waals surface area contributed by atoms with Gasteiger partial charge in [0.1, 0.15) is 11.1 Å². The van der Waals surface area contributed by atoms with Crippen molar-refractivity contribution in [3.8, 4) is 5.75 Å². The van der Waals surface area contributed by atoms with Crippen molar-refractivity contribution in [1.29, 1.82) is 0 Å². The third kappa shape index (κ3) is 4.60. The first-order valence-electron chi connectivity index (χ1n) is 9.01. The van der Waals surface area contributed by atoms with Gasteiger partial charge >= 0.3 is 0 Å². The first-order chi connectivity index (χ1) is 13.1. The average Bonchev–Trinajstić information content (AvgIpc) is 3.07. The molecule has 7 heteroatoms. The molecule has 1 aliphatic rings. The van der Waals surface area contributed by atoms with Crippen LogP contribution in [0.25, 0.3) is 0 Å². The normalized spacial score (nSPS) is 16.6. The summed E-state index contributed by atoms with van der Waals surface area (Å²) < 4.78 is 5.72. The molecule has 6 nitrogen and oxygen atoms in total. The maximum atomic E-state index is 12.4. The van der Waals surface area contributed by atoms with Crippen molar-refractivity contribution in [1.82, 2.24) is 0 Å². The third-order valence-electron chi connectivity index (χ3n) is 4.37. The quantitative estimate of drug-likeness (QED) is 0.365. The molecule has 142 valence electrons. The van der Waals surface area contributed by atoms with Gasteiger partial charge < -0.3 is 4.74 Å². The zero-order chi connectivity index (χ0) is 19.2. The summed E-state index contributed by atoms with van der Waals surface area (Å²) in [7, 11) is 0. The summed E-state index contributed by atoms with van der Waals surface area (Å²) in [5.74, 6) is 1.12. The Hall–Kier alpha value is -2.54. The number of ether oxygens (including phenoxy) is 1. The number of nitro benzene ring substituents is 1. The number of amides is 1. The lowest BCUT2D eigenvalue weighted by Gasteiger charge is -2.24. The van der Waals surface area contributed by atoms with Crippen LogP contribution in [-0.2, 0) is 4.79 Å². The largest absolute Gasteiger partial charge is 0.494 e. The zero-order valence-electron chi connectivity index (χ0n) is 15.2. The van der Waals surface area contributed by atoms with E-state index in [1.807, 2.05) is 30.3 Å². The Balaban J connectivity index is 1.76. The summed E-state index contributed by atoms with van der Waals surface area (Å²) in [4.78, 5) is 24.8. The number of carbonyl (C=O) groups excluding carboxylic acids is 1. The van der Waals surface area contributed by atoms with Gasteiger partial charge in [0.15, 0.2) is 0 Å². The van der Waals surface area contributed by atoms with Crippen molar-refractivity contribution in [2.24, 2.45) is 0 Å². The zero-order valence-corrected chi connectivity index (χ0v) is 16.0. The van der Waals surface area contributed by atoms with Crippen molar-refractivity contribution in [2.75, 3.05) is 17.3 Å². The Labute approximate surface area is 162 Å². The molecule has 27 heavy (non-hydrogen) atoms. The molecule has 0 bridgehead atoms. The van der Waals surface area contributed by atoms with Crippen LogP contribution in [0.5, 0.6) is 5.75 Å². The van der Waals surface area contributed by atoms with Gasteiger partial charge in [-0.25, -0.2) is 0 Å². The fourth-order valence-electron chi connectivity index (χ4n) is 2.99. The van der Waals surface area contributed by atoms with Crippen LogP contribution in [0, 0.1) is 10.1 Å². The lowest BCUT2D eigenvalue weighted by atomic mass is 10.1. The number of hydrogen-bond donors (Lipinski definition) is 0. The smallest absolute Gasteiger partial charge is 0.269 e. The molecule has 2 aromatic carbocycles. The minimum Gasteiger partial charge on any atom is -0.494 e. The molecule has 0 aromatic heterocycles. The Bertz CT molecular complexity index is 810. The lowest BCUT2D eigenvalue weighted by Crippen LogP contribution is -2.27. The second-order valence-corrected chi connectivity index (χ2v) is 7.40. The molecule has 1 aliphatic heterocycles. The van der Waals surface area contributed by atoms with Gasteiger partial charge in [0.05, 0.1) is 17.3 Å². The standard InChI is InChI=1S/C20H22N2O4S/c1-2-3-4-12-26-18-10-8-16(9-11-18)21-19(23)14-27-20(21)15-6-5-7-17(13-15)22(24)25/h5-11,13,20H,2-4,12,14H2,1H3/t20-/m1/s1. The van der Waals surface area contributed by atoms with E-state index in [1.54, 1.807) is 11.0 Å². The predicted molar refractivity (Wildman–Crippen MR) is 107 cm³/mol. The first-order valence-corrected chi connectivity index (χ1v) is 10.1. The Morgan fingerprint density at radius 2 is 2.00 bits per heavy atom. The molecule has 0 aliphatic carbocycles. The number of benzene rings is 2. The Kier molecular flexibility index (Phi) is 6.34. The predicted octanol–water partition coefficient (Wildman–Crippen LogP) is 4.94. The molecule has 1 heterocycles. The van der Waals surface area contributed by atoms with E-state index in [0.29, 0.717) is 12.4 Å². The van der Waals surface area contributed by atoms with Crippen molar-refractivity contribution >= 4 is 29.0 Å². The topological polar surface area (TPSA) is 72.7 Å². The average molecular weight is 386 g/mol. The molecular formula is C20H22N2O4S. The Morgan fingerprint density at radius 3 is 2.70 bits per heavy atom. The van der Waals surface area contributed by atoms with Crippen molar-refractivity contribution < 1.29 is 14.5 Å². The molecule has 2 aromatic rings. The molecule has 0 unspecified atom stereocenters. The number of nitro groups is 1.